The topological polar surface area (TPSA) is 182 Å². The number of carbonyl (C=O) groups is 3. The van der Waals surface area contributed by atoms with Crippen LogP contribution in [0.3, 0.4) is 0 Å². The number of aliphatic hydroxyl groups is 3. The lowest BCUT2D eigenvalue weighted by Crippen LogP contribution is -2.71. The molecule has 0 amide bonds. The first-order valence-corrected chi connectivity index (χ1v) is 11.4. The van der Waals surface area contributed by atoms with Gasteiger partial charge in [0.05, 0.1) is 32.5 Å². The Morgan fingerprint density at radius 3 is 1.12 bits per heavy atom. The number of carboxylic acid groups (broad SMARTS) is 3. The summed E-state index contributed by atoms with van der Waals surface area (Å²) in [6.07, 6.45) is -1.33. The van der Waals surface area contributed by atoms with E-state index in [1.165, 1.54) is 0 Å². The van der Waals surface area contributed by atoms with Crippen LogP contribution >= 0.6 is 0 Å². The van der Waals surface area contributed by atoms with Gasteiger partial charge >= 0.3 is 17.9 Å². The van der Waals surface area contributed by atoms with E-state index in [1.54, 1.807) is 0 Å². The molecule has 0 aliphatic carbocycles. The largest absolute Gasteiger partial charge is 0.481 e. The Morgan fingerprint density at radius 2 is 0.939 bits per heavy atom. The van der Waals surface area contributed by atoms with Gasteiger partial charge in [0.1, 0.15) is 0 Å². The van der Waals surface area contributed by atoms with Gasteiger partial charge in [-0.05, 0) is 6.42 Å². The first-order valence-electron chi connectivity index (χ1n) is 11.4. The predicted molar refractivity (Wildman–Crippen MR) is 114 cm³/mol. The zero-order valence-corrected chi connectivity index (χ0v) is 18.7. The van der Waals surface area contributed by atoms with Crippen LogP contribution in [0.4, 0.5) is 0 Å². The molecule has 0 radical (unpaired) electrons. The van der Waals surface area contributed by atoms with Crippen LogP contribution < -0.4 is 0 Å². The van der Waals surface area contributed by atoms with Crippen molar-refractivity contribution in [3.8, 4) is 0 Å². The number of hydrogen-bond acceptors (Lipinski definition) is 9. The molecule has 3 fully saturated rings. The maximum absolute atomic E-state index is 12.0. The van der Waals surface area contributed by atoms with Gasteiger partial charge in [0, 0.05) is 74.8 Å². The molecule has 12 heteroatoms. The Hall–Kier alpha value is -1.83. The Morgan fingerprint density at radius 1 is 0.636 bits per heavy atom. The molecule has 12 nitrogen and oxygen atoms in total. The van der Waals surface area contributed by atoms with Crippen LogP contribution in [0.15, 0.2) is 0 Å². The zero-order chi connectivity index (χ0) is 24.4. The summed E-state index contributed by atoms with van der Waals surface area (Å²) in [6.45, 7) is 1.54. The van der Waals surface area contributed by atoms with E-state index >= 15 is 0 Å². The second-order valence-electron chi connectivity index (χ2n) is 9.45. The fourth-order valence-electron chi connectivity index (χ4n) is 6.04. The number of carboxylic acids is 3. The molecule has 0 saturated carbocycles. The van der Waals surface area contributed by atoms with Crippen molar-refractivity contribution in [3.05, 3.63) is 0 Å². The lowest BCUT2D eigenvalue weighted by molar-refractivity contribution is -0.178. The molecule has 33 heavy (non-hydrogen) atoms. The normalized spacial score (nSPS) is 21.9. The van der Waals surface area contributed by atoms with E-state index in [0.717, 1.165) is 0 Å². The van der Waals surface area contributed by atoms with Gasteiger partial charge in [-0.25, -0.2) is 0 Å². The van der Waals surface area contributed by atoms with Gasteiger partial charge in [0.2, 0.25) is 0 Å². The first kappa shape index (κ1) is 25.8. The highest BCUT2D eigenvalue weighted by Crippen LogP contribution is 2.58. The van der Waals surface area contributed by atoms with Gasteiger partial charge in [-0.2, -0.15) is 0 Å². The Labute approximate surface area is 192 Å². The smallest absolute Gasteiger partial charge is 0.304 e. The Bertz CT molecular complexity index is 654. The van der Waals surface area contributed by atoms with E-state index in [0.29, 0.717) is 39.3 Å². The fraction of sp³-hybridized carbons (Fsp3) is 0.857. The van der Waals surface area contributed by atoms with Crippen LogP contribution in [0.25, 0.3) is 0 Å². The first-order chi connectivity index (χ1) is 15.7. The summed E-state index contributed by atoms with van der Waals surface area (Å²) < 4.78 is 0. The molecule has 3 saturated heterocycles. The Kier molecular flexibility index (Phi) is 7.97. The van der Waals surface area contributed by atoms with Crippen molar-refractivity contribution in [2.24, 2.45) is 10.8 Å². The maximum atomic E-state index is 12.0. The summed E-state index contributed by atoms with van der Waals surface area (Å²) in [6, 6.07) is -2.51. The minimum atomic E-state index is -1.52. The van der Waals surface area contributed by atoms with E-state index in [2.05, 4.69) is 0 Å². The van der Waals surface area contributed by atoms with E-state index in [4.69, 9.17) is 0 Å². The number of hydrogen-bond donors (Lipinski definition) is 6. The molecule has 0 unspecified atom stereocenters. The van der Waals surface area contributed by atoms with Crippen molar-refractivity contribution >= 4 is 17.9 Å². The molecule has 3 aliphatic heterocycles. The van der Waals surface area contributed by atoms with Crippen molar-refractivity contribution in [3.63, 3.8) is 0 Å². The van der Waals surface area contributed by atoms with E-state index < -0.39 is 85.9 Å². The van der Waals surface area contributed by atoms with Gasteiger partial charge in [0.25, 0.3) is 0 Å². The van der Waals surface area contributed by atoms with Crippen molar-refractivity contribution in [2.75, 3.05) is 59.1 Å². The highest BCUT2D eigenvalue weighted by atomic mass is 16.4. The maximum Gasteiger partial charge on any atom is 0.304 e. The predicted octanol–water partition coefficient (Wildman–Crippen LogP) is -2.20. The van der Waals surface area contributed by atoms with Crippen LogP contribution in [-0.2, 0) is 14.4 Å². The van der Waals surface area contributed by atoms with Crippen LogP contribution in [0.5, 0.6) is 0 Å². The molecule has 3 rings (SSSR count). The van der Waals surface area contributed by atoms with Gasteiger partial charge < -0.3 is 30.6 Å². The minimum Gasteiger partial charge on any atom is -0.481 e. The lowest BCUT2D eigenvalue weighted by Gasteiger charge is -2.61. The molecule has 3 atom stereocenters. The molecule has 0 aromatic rings. The summed E-state index contributed by atoms with van der Waals surface area (Å²) in [4.78, 5) is 41.7. The van der Waals surface area contributed by atoms with Crippen molar-refractivity contribution in [1.29, 1.82) is 0 Å². The van der Waals surface area contributed by atoms with Crippen LogP contribution in [0.2, 0.25) is 0 Å². The average molecular weight is 474 g/mol. The molecule has 0 aromatic heterocycles. The highest BCUT2D eigenvalue weighted by Gasteiger charge is 2.69. The second-order valence-corrected chi connectivity index (χ2v) is 9.45. The molecule has 0 spiro atoms. The number of aliphatic carboxylic acids is 3. The second kappa shape index (κ2) is 10.2. The third-order valence-corrected chi connectivity index (χ3v) is 7.64. The van der Waals surface area contributed by atoms with Crippen LogP contribution in [0, 0.1) is 10.8 Å². The van der Waals surface area contributed by atoms with E-state index in [-0.39, 0.29) is 6.42 Å². The van der Waals surface area contributed by atoms with Gasteiger partial charge in [0.15, 0.2) is 0 Å². The highest BCUT2D eigenvalue weighted by molar-refractivity contribution is 5.70. The number of aliphatic hydroxyl groups excluding tert-OH is 3. The minimum absolute atomic E-state index is 0.127. The molecule has 3 aliphatic rings. The summed E-state index contributed by atoms with van der Waals surface area (Å²) in [7, 11) is 0. The van der Waals surface area contributed by atoms with Gasteiger partial charge in [-0.1, -0.05) is 0 Å². The van der Waals surface area contributed by atoms with Gasteiger partial charge in [-0.15, -0.1) is 0 Å². The molecule has 0 aromatic carbocycles. The van der Waals surface area contributed by atoms with E-state index in [9.17, 15) is 45.0 Å². The molecule has 188 valence electrons. The van der Waals surface area contributed by atoms with Crippen molar-refractivity contribution in [1.82, 2.24) is 14.7 Å². The zero-order valence-electron chi connectivity index (χ0n) is 18.7. The van der Waals surface area contributed by atoms with Crippen molar-refractivity contribution < 1.29 is 45.0 Å². The molecular weight excluding hydrogens is 438 g/mol. The quantitative estimate of drug-likeness (QED) is 0.126. The standard InChI is InChI=1S/C21H35N3O9/c25-8-1-20(12-26,13-27)21(14(9-17(28)29)22-2-3-22,15(10-18(30)31)23-4-5-23)16(11-19(32)33)24-6-7-24/h14-16,25-27H,1-13H2,(H,28,29)(H,30,31)(H,32,33)/t14-,15-,16-/m0/s1. The summed E-state index contributed by atoms with van der Waals surface area (Å²) in [5.74, 6) is -3.40. The van der Waals surface area contributed by atoms with Gasteiger partial charge in [-0.3, -0.25) is 29.1 Å². The number of nitrogens with zero attached hydrogens (tertiary/aromatic N) is 3. The third-order valence-electron chi connectivity index (χ3n) is 7.64. The summed E-state index contributed by atoms with van der Waals surface area (Å²) in [5.41, 5.74) is -2.98. The third kappa shape index (κ3) is 5.15. The summed E-state index contributed by atoms with van der Waals surface area (Å²) >= 11 is 0. The molecular formula is C21H35N3O9. The average Bonchev–Trinajstić information content (AvgIpc) is 3.61. The Balaban J connectivity index is 2.34. The monoisotopic (exact) mass is 473 g/mol. The molecule has 0 bridgehead atoms. The SMILES string of the molecule is O=C(O)C[C@H](N1CC1)C([C@H](CC(=O)O)N1CC1)([C@H](CC(=O)O)N1CC1)C(CO)(CO)CCO. The molecule has 3 heterocycles. The molecule has 6 N–H and O–H groups in total. The summed E-state index contributed by atoms with van der Waals surface area (Å²) in [5, 5.41) is 60.9. The van der Waals surface area contributed by atoms with Crippen molar-refractivity contribution in [2.45, 2.75) is 43.8 Å². The number of rotatable bonds is 17. The van der Waals surface area contributed by atoms with E-state index in [1.807, 2.05) is 14.7 Å². The lowest BCUT2D eigenvalue weighted by atomic mass is 9.49. The fourth-order valence-corrected chi connectivity index (χ4v) is 6.04. The van der Waals surface area contributed by atoms with Crippen LogP contribution in [-0.4, -0.2) is 140 Å². The van der Waals surface area contributed by atoms with Crippen LogP contribution in [0.1, 0.15) is 25.7 Å².